The Morgan fingerprint density at radius 1 is 0.968 bits per heavy atom. The number of halogens is 2. The van der Waals surface area contributed by atoms with Gasteiger partial charge in [0.05, 0.1) is 26.3 Å². The van der Waals surface area contributed by atoms with Crippen LogP contribution in [0.1, 0.15) is 5.69 Å². The molecule has 164 valence electrons. The maximum atomic E-state index is 12.7. The third-order valence-corrected chi connectivity index (χ3v) is 6.41. The quantitative estimate of drug-likeness (QED) is 0.349. The molecule has 0 amide bonds. The Kier molecular flexibility index (Phi) is 6.10. The van der Waals surface area contributed by atoms with Gasteiger partial charge >= 0.3 is 0 Å². The molecule has 1 heterocycles. The first-order valence-electron chi connectivity index (χ1n) is 8.07. The van der Waals surface area contributed by atoms with E-state index in [0.29, 0.717) is 0 Å². The third kappa shape index (κ3) is 4.87. The second-order valence-corrected chi connectivity index (χ2v) is 9.73. The van der Waals surface area contributed by atoms with Crippen molar-refractivity contribution in [2.24, 2.45) is 10.2 Å². The van der Waals surface area contributed by atoms with Crippen LogP contribution in [0, 0.1) is 6.92 Å². The molecule has 0 aliphatic carbocycles. The average Bonchev–Trinajstić information content (AvgIpc) is 2.95. The molecule has 31 heavy (non-hydrogen) atoms. The van der Waals surface area contributed by atoms with Crippen molar-refractivity contribution in [3.05, 3.63) is 62.5 Å². The van der Waals surface area contributed by atoms with Crippen LogP contribution in [-0.4, -0.2) is 35.7 Å². The number of aromatic nitrogens is 2. The van der Waals surface area contributed by atoms with Crippen LogP contribution in [-0.2, 0) is 20.2 Å². The normalized spacial score (nSPS) is 12.5. The second-order valence-electron chi connectivity index (χ2n) is 6.11. The SMILES string of the molecule is Cc1[nH]n(-c2cccc(S(=O)(=O)O)c2)c(=O)c1N=Nc1cc(Cl)c(Cl)cc1S(=O)(=O)O. The van der Waals surface area contributed by atoms with Crippen molar-refractivity contribution in [2.45, 2.75) is 16.7 Å². The monoisotopic (exact) mass is 506 g/mol. The van der Waals surface area contributed by atoms with Gasteiger partial charge in [0.25, 0.3) is 25.8 Å². The predicted octanol–water partition coefficient (Wildman–Crippen LogP) is 3.69. The Labute approximate surface area is 185 Å². The fourth-order valence-electron chi connectivity index (χ4n) is 2.53. The largest absolute Gasteiger partial charge is 0.299 e. The lowest BCUT2D eigenvalue weighted by Crippen LogP contribution is -2.14. The van der Waals surface area contributed by atoms with Crippen LogP contribution in [0.25, 0.3) is 5.69 Å². The van der Waals surface area contributed by atoms with Gasteiger partial charge in [-0.15, -0.1) is 10.2 Å². The number of aryl methyl sites for hydroxylation is 1. The van der Waals surface area contributed by atoms with Gasteiger partial charge in [0.1, 0.15) is 10.6 Å². The summed E-state index contributed by atoms with van der Waals surface area (Å²) in [5, 5.41) is 9.92. The van der Waals surface area contributed by atoms with E-state index in [1.165, 1.54) is 19.1 Å². The Bertz CT molecular complexity index is 1490. The lowest BCUT2D eigenvalue weighted by atomic mass is 10.3. The van der Waals surface area contributed by atoms with Gasteiger partial charge in [-0.1, -0.05) is 29.3 Å². The fraction of sp³-hybridized carbons (Fsp3) is 0.0625. The van der Waals surface area contributed by atoms with E-state index in [-0.39, 0.29) is 32.8 Å². The van der Waals surface area contributed by atoms with E-state index in [9.17, 15) is 30.7 Å². The first kappa shape index (κ1) is 23.1. The lowest BCUT2D eigenvalue weighted by Gasteiger charge is -2.04. The molecule has 0 spiro atoms. The van der Waals surface area contributed by atoms with Gasteiger partial charge in [0.2, 0.25) is 0 Å². The first-order valence-corrected chi connectivity index (χ1v) is 11.7. The number of H-pyrrole nitrogens is 1. The number of rotatable bonds is 5. The average molecular weight is 507 g/mol. The van der Waals surface area contributed by atoms with Crippen LogP contribution in [0.2, 0.25) is 10.0 Å². The van der Waals surface area contributed by atoms with Crippen LogP contribution in [0.3, 0.4) is 0 Å². The molecular formula is C16H12Cl2N4O7S2. The third-order valence-electron chi connectivity index (χ3n) is 3.95. The van der Waals surface area contributed by atoms with Crippen molar-refractivity contribution in [1.29, 1.82) is 0 Å². The van der Waals surface area contributed by atoms with Crippen LogP contribution < -0.4 is 5.56 Å². The molecule has 3 rings (SSSR count). The molecular weight excluding hydrogens is 495 g/mol. The highest BCUT2D eigenvalue weighted by Gasteiger charge is 2.20. The minimum atomic E-state index is -4.72. The summed E-state index contributed by atoms with van der Waals surface area (Å²) in [5.41, 5.74) is -1.05. The van der Waals surface area contributed by atoms with Crippen molar-refractivity contribution >= 4 is 54.8 Å². The molecule has 0 fully saturated rings. The Morgan fingerprint density at radius 2 is 1.61 bits per heavy atom. The number of nitrogens with one attached hydrogen (secondary N) is 1. The zero-order chi connectivity index (χ0) is 23.1. The topological polar surface area (TPSA) is 171 Å². The number of azo groups is 1. The van der Waals surface area contributed by atoms with Gasteiger partial charge < -0.3 is 0 Å². The molecule has 2 aromatic carbocycles. The van der Waals surface area contributed by atoms with E-state index in [1.807, 2.05) is 0 Å². The van der Waals surface area contributed by atoms with E-state index in [4.69, 9.17) is 23.2 Å². The lowest BCUT2D eigenvalue weighted by molar-refractivity contribution is 0.481. The number of aromatic amines is 1. The number of benzene rings is 2. The summed E-state index contributed by atoms with van der Waals surface area (Å²) in [4.78, 5) is 11.6. The van der Waals surface area contributed by atoms with Gasteiger partial charge in [-0.05, 0) is 37.3 Å². The maximum Gasteiger partial charge on any atom is 0.299 e. The highest BCUT2D eigenvalue weighted by atomic mass is 35.5. The minimum absolute atomic E-state index is 0.0618. The van der Waals surface area contributed by atoms with Crippen molar-refractivity contribution in [2.75, 3.05) is 0 Å². The van der Waals surface area contributed by atoms with E-state index >= 15 is 0 Å². The van der Waals surface area contributed by atoms with E-state index in [1.54, 1.807) is 0 Å². The molecule has 3 aromatic rings. The molecule has 0 saturated carbocycles. The van der Waals surface area contributed by atoms with Crippen LogP contribution in [0.4, 0.5) is 11.4 Å². The van der Waals surface area contributed by atoms with E-state index in [0.717, 1.165) is 28.9 Å². The van der Waals surface area contributed by atoms with Gasteiger partial charge in [0, 0.05) is 0 Å². The second kappa shape index (κ2) is 8.18. The number of nitrogens with zero attached hydrogens (tertiary/aromatic N) is 3. The fourth-order valence-corrected chi connectivity index (χ4v) is 4.06. The Hall–Kier alpha value is -2.55. The molecule has 0 bridgehead atoms. The molecule has 0 aliphatic rings. The van der Waals surface area contributed by atoms with Crippen molar-refractivity contribution in [3.63, 3.8) is 0 Å². The van der Waals surface area contributed by atoms with Gasteiger partial charge in [-0.2, -0.15) is 16.8 Å². The highest BCUT2D eigenvalue weighted by Crippen LogP contribution is 2.34. The standard InChI is InChI=1S/C16H12Cl2N4O7S2/c1-8-15(20-19-13-6-11(17)12(18)7-14(13)31(27,28)29)16(23)22(21-8)9-3-2-4-10(5-9)30(24,25)26/h2-7,21H,1H3,(H,24,25,26)(H,27,28,29). The summed E-state index contributed by atoms with van der Waals surface area (Å²) < 4.78 is 65.3. The molecule has 0 atom stereocenters. The summed E-state index contributed by atoms with van der Waals surface area (Å²) in [6.07, 6.45) is 0. The summed E-state index contributed by atoms with van der Waals surface area (Å²) in [7, 11) is -9.22. The zero-order valence-corrected chi connectivity index (χ0v) is 18.5. The molecule has 1 aromatic heterocycles. The van der Waals surface area contributed by atoms with Crippen LogP contribution in [0.15, 0.2) is 61.2 Å². The molecule has 0 saturated heterocycles. The molecule has 11 nitrogen and oxygen atoms in total. The first-order chi connectivity index (χ1) is 14.3. The highest BCUT2D eigenvalue weighted by molar-refractivity contribution is 7.86. The van der Waals surface area contributed by atoms with Crippen molar-refractivity contribution < 1.29 is 25.9 Å². The number of hydrogen-bond acceptors (Lipinski definition) is 7. The van der Waals surface area contributed by atoms with Crippen LogP contribution >= 0.6 is 23.2 Å². The van der Waals surface area contributed by atoms with E-state index < -0.39 is 35.6 Å². The van der Waals surface area contributed by atoms with Gasteiger partial charge in [0.15, 0.2) is 5.69 Å². The summed E-state index contributed by atoms with van der Waals surface area (Å²) in [5.74, 6) is 0. The molecule has 3 N–H and O–H groups in total. The maximum absolute atomic E-state index is 12.7. The number of hydrogen-bond donors (Lipinski definition) is 3. The van der Waals surface area contributed by atoms with Crippen LogP contribution in [0.5, 0.6) is 0 Å². The molecule has 15 heteroatoms. The Morgan fingerprint density at radius 3 is 2.23 bits per heavy atom. The summed E-state index contributed by atoms with van der Waals surface area (Å²) >= 11 is 11.6. The molecule has 0 aliphatic heterocycles. The molecule has 0 radical (unpaired) electrons. The van der Waals surface area contributed by atoms with Gasteiger partial charge in [-0.3, -0.25) is 19.0 Å². The predicted molar refractivity (Wildman–Crippen MR) is 111 cm³/mol. The molecule has 0 unspecified atom stereocenters. The summed E-state index contributed by atoms with van der Waals surface area (Å²) in [6, 6.07) is 6.85. The van der Waals surface area contributed by atoms with E-state index in [2.05, 4.69) is 15.3 Å². The van der Waals surface area contributed by atoms with Gasteiger partial charge in [-0.25, -0.2) is 4.68 Å². The van der Waals surface area contributed by atoms with Crippen molar-refractivity contribution in [1.82, 2.24) is 9.78 Å². The van der Waals surface area contributed by atoms with Crippen molar-refractivity contribution in [3.8, 4) is 5.69 Å². The Balaban J connectivity index is 2.11. The summed E-state index contributed by atoms with van der Waals surface area (Å²) in [6.45, 7) is 1.47. The minimum Gasteiger partial charge on any atom is -0.293 e. The smallest absolute Gasteiger partial charge is 0.293 e. The zero-order valence-electron chi connectivity index (χ0n) is 15.3.